The molecule has 0 radical (unpaired) electrons. The predicted octanol–water partition coefficient (Wildman–Crippen LogP) is 4.23. The summed E-state index contributed by atoms with van der Waals surface area (Å²) in [5, 5.41) is 1.88. The fraction of sp³-hybridized carbons (Fsp3) is 0.462. The molecule has 1 aliphatic carbocycles. The van der Waals surface area contributed by atoms with Gasteiger partial charge in [0.25, 0.3) is 0 Å². The highest BCUT2D eigenvalue weighted by Gasteiger charge is 2.33. The average molecular weight is 447 g/mol. The first-order valence-corrected chi connectivity index (χ1v) is 11.5. The molecule has 5 rings (SSSR count). The zero-order chi connectivity index (χ0) is 23.4. The zero-order valence-corrected chi connectivity index (χ0v) is 19.6. The molecule has 1 saturated carbocycles. The van der Waals surface area contributed by atoms with Crippen molar-refractivity contribution >= 4 is 16.7 Å². The van der Waals surface area contributed by atoms with Crippen molar-refractivity contribution in [1.29, 1.82) is 0 Å². The molecule has 2 N–H and O–H groups in total. The summed E-state index contributed by atoms with van der Waals surface area (Å²) >= 11 is 0. The minimum absolute atomic E-state index is 0.229. The summed E-state index contributed by atoms with van der Waals surface area (Å²) in [6, 6.07) is 5.74. The van der Waals surface area contributed by atoms with Crippen LogP contribution < -0.4 is 10.5 Å². The van der Waals surface area contributed by atoms with Gasteiger partial charge in [0.05, 0.1) is 16.6 Å². The molecule has 0 amide bonds. The first-order chi connectivity index (χ1) is 15.6. The van der Waals surface area contributed by atoms with Crippen molar-refractivity contribution in [2.45, 2.75) is 77.0 Å². The van der Waals surface area contributed by atoms with Crippen molar-refractivity contribution in [2.24, 2.45) is 5.73 Å². The van der Waals surface area contributed by atoms with Crippen LogP contribution in [0, 0.1) is 0 Å². The number of aromatic nitrogens is 3. The molecule has 2 aliphatic rings. The molecule has 0 unspecified atom stereocenters. The largest absolute Gasteiger partial charge is 0.474 e. The Balaban J connectivity index is 1.51. The normalized spacial score (nSPS) is 17.9. The summed E-state index contributed by atoms with van der Waals surface area (Å²) in [5.74, 6) is 0.305. The van der Waals surface area contributed by atoms with Crippen molar-refractivity contribution in [1.82, 2.24) is 15.0 Å². The second kappa shape index (κ2) is 7.76. The van der Waals surface area contributed by atoms with Gasteiger partial charge in [0.15, 0.2) is 0 Å². The van der Waals surface area contributed by atoms with Gasteiger partial charge in [0.1, 0.15) is 11.7 Å². The SMILES string of the molecule is CC1(C)Cc2nc(Cc3cc4c(C(C)(C)N)cnc(OC5CCC5)c4cn3)ccc2C(=O)O1. The van der Waals surface area contributed by atoms with Gasteiger partial charge in [-0.2, -0.15) is 0 Å². The van der Waals surface area contributed by atoms with Crippen LogP contribution in [0.3, 0.4) is 0 Å². The molecule has 1 aliphatic heterocycles. The van der Waals surface area contributed by atoms with E-state index < -0.39 is 11.1 Å². The minimum Gasteiger partial charge on any atom is -0.474 e. The lowest BCUT2D eigenvalue weighted by Crippen LogP contribution is -2.36. The van der Waals surface area contributed by atoms with Crippen molar-refractivity contribution < 1.29 is 14.3 Å². The summed E-state index contributed by atoms with van der Waals surface area (Å²) < 4.78 is 11.6. The number of carbonyl (C=O) groups excluding carboxylic acids is 1. The Morgan fingerprint density at radius 3 is 2.64 bits per heavy atom. The van der Waals surface area contributed by atoms with E-state index >= 15 is 0 Å². The molecule has 7 nitrogen and oxygen atoms in total. The number of cyclic esters (lactones) is 1. The molecule has 0 spiro atoms. The maximum Gasteiger partial charge on any atom is 0.340 e. The lowest BCUT2D eigenvalue weighted by molar-refractivity contribution is -0.00720. The van der Waals surface area contributed by atoms with E-state index in [1.165, 1.54) is 6.42 Å². The molecule has 3 aromatic rings. The van der Waals surface area contributed by atoms with Gasteiger partial charge in [-0.05, 0) is 76.1 Å². The van der Waals surface area contributed by atoms with Crippen LogP contribution in [-0.2, 0) is 23.1 Å². The van der Waals surface area contributed by atoms with Crippen molar-refractivity contribution in [3.05, 3.63) is 58.8 Å². The summed E-state index contributed by atoms with van der Waals surface area (Å²) in [4.78, 5) is 26.3. The second-order valence-electron chi connectivity index (χ2n) is 10.4. The summed E-state index contributed by atoms with van der Waals surface area (Å²) in [6.45, 7) is 7.75. The minimum atomic E-state index is -0.561. The average Bonchev–Trinajstić information content (AvgIpc) is 2.68. The summed E-state index contributed by atoms with van der Waals surface area (Å²) in [6.07, 6.45) is 8.34. The quantitative estimate of drug-likeness (QED) is 0.585. The summed E-state index contributed by atoms with van der Waals surface area (Å²) in [7, 11) is 0. The van der Waals surface area contributed by atoms with E-state index in [0.29, 0.717) is 24.3 Å². The number of rotatable bonds is 5. The van der Waals surface area contributed by atoms with E-state index in [0.717, 1.165) is 46.3 Å². The van der Waals surface area contributed by atoms with Crippen LogP contribution in [0.5, 0.6) is 5.88 Å². The Morgan fingerprint density at radius 1 is 1.15 bits per heavy atom. The number of nitrogens with two attached hydrogens (primary N) is 1. The first kappa shape index (κ1) is 21.8. The van der Waals surface area contributed by atoms with E-state index in [1.54, 1.807) is 6.07 Å². The Bertz CT molecular complexity index is 1240. The van der Waals surface area contributed by atoms with E-state index in [9.17, 15) is 4.79 Å². The van der Waals surface area contributed by atoms with E-state index in [2.05, 4.69) is 11.1 Å². The van der Waals surface area contributed by atoms with Gasteiger partial charge in [-0.1, -0.05) is 0 Å². The fourth-order valence-electron chi connectivity index (χ4n) is 4.40. The second-order valence-corrected chi connectivity index (χ2v) is 10.4. The van der Waals surface area contributed by atoms with Crippen molar-refractivity contribution in [3.63, 3.8) is 0 Å². The predicted molar refractivity (Wildman–Crippen MR) is 125 cm³/mol. The molecule has 0 saturated heterocycles. The number of pyridine rings is 3. The lowest BCUT2D eigenvalue weighted by Gasteiger charge is -2.30. The molecule has 0 aromatic carbocycles. The molecule has 7 heteroatoms. The number of ether oxygens (including phenoxy) is 2. The Labute approximate surface area is 193 Å². The van der Waals surface area contributed by atoms with E-state index in [1.807, 2.05) is 46.2 Å². The first-order valence-electron chi connectivity index (χ1n) is 11.5. The molecule has 0 atom stereocenters. The number of hydrogen-bond donors (Lipinski definition) is 1. The van der Waals surface area contributed by atoms with Crippen LogP contribution in [0.2, 0.25) is 0 Å². The monoisotopic (exact) mass is 446 g/mol. The summed E-state index contributed by atoms with van der Waals surface area (Å²) in [5.41, 5.74) is 9.36. The van der Waals surface area contributed by atoms with E-state index in [4.69, 9.17) is 25.2 Å². The van der Waals surface area contributed by atoms with Crippen LogP contribution in [0.25, 0.3) is 10.8 Å². The van der Waals surface area contributed by atoms with Crippen molar-refractivity contribution in [3.8, 4) is 5.88 Å². The fourth-order valence-corrected chi connectivity index (χ4v) is 4.40. The maximum atomic E-state index is 12.3. The van der Waals surface area contributed by atoms with Crippen LogP contribution in [0.15, 0.2) is 30.6 Å². The van der Waals surface area contributed by atoms with Gasteiger partial charge in [-0.3, -0.25) is 9.97 Å². The van der Waals surface area contributed by atoms with Crippen LogP contribution in [0.1, 0.15) is 80.0 Å². The highest BCUT2D eigenvalue weighted by molar-refractivity contribution is 5.92. The Morgan fingerprint density at radius 2 is 1.94 bits per heavy atom. The third-order valence-corrected chi connectivity index (χ3v) is 6.39. The van der Waals surface area contributed by atoms with Gasteiger partial charge in [-0.25, -0.2) is 9.78 Å². The molecule has 33 heavy (non-hydrogen) atoms. The number of nitrogens with zero attached hydrogens (tertiary/aromatic N) is 3. The Kier molecular flexibility index (Phi) is 5.12. The smallest absolute Gasteiger partial charge is 0.340 e. The third kappa shape index (κ3) is 4.29. The molecule has 0 bridgehead atoms. The molecular formula is C26H30N4O3. The molecule has 1 fully saturated rings. The third-order valence-electron chi connectivity index (χ3n) is 6.39. The van der Waals surface area contributed by atoms with Gasteiger partial charge in [-0.15, -0.1) is 0 Å². The molecule has 3 aromatic heterocycles. The van der Waals surface area contributed by atoms with Gasteiger partial charge in [0, 0.05) is 42.2 Å². The number of esters is 1. The van der Waals surface area contributed by atoms with Crippen LogP contribution in [0.4, 0.5) is 0 Å². The molecular weight excluding hydrogens is 416 g/mol. The standard InChI is InChI=1S/C26H30N4O3/c1-25(2)12-22-18(24(31)33-25)9-8-15(30-22)10-16-11-19-20(13-28-16)23(32-17-6-5-7-17)29-14-21(19)26(3,4)27/h8-9,11,13-14,17H,5-7,10,12,27H2,1-4H3. The molecule has 172 valence electrons. The van der Waals surface area contributed by atoms with Gasteiger partial charge < -0.3 is 15.2 Å². The highest BCUT2D eigenvalue weighted by Crippen LogP contribution is 2.34. The van der Waals surface area contributed by atoms with Crippen molar-refractivity contribution in [2.75, 3.05) is 0 Å². The zero-order valence-electron chi connectivity index (χ0n) is 19.6. The topological polar surface area (TPSA) is 100 Å². The lowest BCUT2D eigenvalue weighted by atomic mass is 9.92. The van der Waals surface area contributed by atoms with E-state index in [-0.39, 0.29) is 12.1 Å². The molecule has 4 heterocycles. The number of carbonyl (C=O) groups is 1. The van der Waals surface area contributed by atoms with Gasteiger partial charge in [0.2, 0.25) is 5.88 Å². The number of hydrogen-bond acceptors (Lipinski definition) is 7. The highest BCUT2D eigenvalue weighted by atomic mass is 16.6. The van der Waals surface area contributed by atoms with Crippen LogP contribution in [-0.4, -0.2) is 32.6 Å². The number of fused-ring (bicyclic) bond motifs is 2. The Hall–Kier alpha value is -3.06. The van der Waals surface area contributed by atoms with Gasteiger partial charge >= 0.3 is 5.97 Å². The van der Waals surface area contributed by atoms with Crippen LogP contribution >= 0.6 is 0 Å². The maximum absolute atomic E-state index is 12.3.